The Bertz CT molecular complexity index is 540. The van der Waals surface area contributed by atoms with E-state index in [1.807, 2.05) is 30.5 Å². The molecule has 0 spiro atoms. The van der Waals surface area contributed by atoms with Gasteiger partial charge in [0.15, 0.2) is 0 Å². The molecule has 0 saturated carbocycles. The highest BCUT2D eigenvalue weighted by Crippen LogP contribution is 2.17. The number of rotatable bonds is 2. The molecule has 2 aromatic rings. The Morgan fingerprint density at radius 1 is 1.33 bits per heavy atom. The largest absolute Gasteiger partial charge is 0.352 e. The van der Waals surface area contributed by atoms with Crippen LogP contribution in [-0.2, 0) is 0 Å². The summed E-state index contributed by atoms with van der Waals surface area (Å²) < 4.78 is 0. The zero-order valence-corrected chi connectivity index (χ0v) is 10.6. The number of hydrogen-bond acceptors (Lipinski definition) is 4. The molecule has 1 N–H and O–H groups in total. The van der Waals surface area contributed by atoms with E-state index in [-0.39, 0.29) is 0 Å². The van der Waals surface area contributed by atoms with Crippen molar-refractivity contribution in [2.45, 2.75) is 19.4 Å². The number of aromatic nitrogens is 2. The van der Waals surface area contributed by atoms with Gasteiger partial charge in [-0.3, -0.25) is 4.98 Å². The number of nitrogens with zero attached hydrogens (tertiary/aromatic N) is 3. The van der Waals surface area contributed by atoms with Crippen molar-refractivity contribution in [2.75, 3.05) is 24.5 Å². The smallest absolute Gasteiger partial charge is 0.147 e. The zero-order valence-electron chi connectivity index (χ0n) is 10.6. The van der Waals surface area contributed by atoms with Crippen molar-refractivity contribution < 1.29 is 0 Å². The maximum absolute atomic E-state index is 4.70. The van der Waals surface area contributed by atoms with Crippen LogP contribution in [0.3, 0.4) is 0 Å². The van der Waals surface area contributed by atoms with Gasteiger partial charge in [-0.15, -0.1) is 0 Å². The molecule has 1 saturated heterocycles. The molecule has 94 valence electrons. The van der Waals surface area contributed by atoms with E-state index >= 15 is 0 Å². The fourth-order valence-electron chi connectivity index (χ4n) is 2.41. The van der Waals surface area contributed by atoms with Crippen LogP contribution < -0.4 is 10.2 Å². The molecule has 1 aromatic carbocycles. The van der Waals surface area contributed by atoms with Gasteiger partial charge in [0.1, 0.15) is 5.82 Å². The second kappa shape index (κ2) is 4.90. The number of benzene rings is 1. The maximum Gasteiger partial charge on any atom is 0.147 e. The Kier molecular flexibility index (Phi) is 3.11. The lowest BCUT2D eigenvalue weighted by molar-refractivity contribution is 0.445. The second-order valence-electron chi connectivity index (χ2n) is 4.72. The second-order valence-corrected chi connectivity index (χ2v) is 4.72. The van der Waals surface area contributed by atoms with Crippen LogP contribution in [0.4, 0.5) is 5.82 Å². The van der Waals surface area contributed by atoms with Gasteiger partial charge in [-0.25, -0.2) is 4.98 Å². The van der Waals surface area contributed by atoms with E-state index in [1.54, 1.807) is 0 Å². The van der Waals surface area contributed by atoms with Crippen molar-refractivity contribution >= 4 is 16.9 Å². The van der Waals surface area contributed by atoms with E-state index < -0.39 is 0 Å². The summed E-state index contributed by atoms with van der Waals surface area (Å²) >= 11 is 0. The third kappa shape index (κ3) is 2.16. The molecule has 3 rings (SSSR count). The number of nitrogens with one attached hydrogen (secondary N) is 1. The highest BCUT2D eigenvalue weighted by atomic mass is 15.2. The van der Waals surface area contributed by atoms with E-state index in [0.717, 1.165) is 42.9 Å². The normalized spacial score (nSPS) is 20.3. The molecule has 1 atom stereocenters. The summed E-state index contributed by atoms with van der Waals surface area (Å²) in [6, 6.07) is 8.58. The van der Waals surface area contributed by atoms with Crippen LogP contribution in [-0.4, -0.2) is 35.6 Å². The van der Waals surface area contributed by atoms with Crippen molar-refractivity contribution in [3.63, 3.8) is 0 Å². The molecule has 1 aliphatic heterocycles. The fourth-order valence-corrected chi connectivity index (χ4v) is 2.41. The standard InChI is InChI=1S/C14H18N4/c1-2-11-10-18(8-7-15-11)14-9-16-12-5-3-4-6-13(12)17-14/h3-6,9,11,15H,2,7-8,10H2,1H3/t11-/m1/s1. The van der Waals surface area contributed by atoms with Crippen LogP contribution >= 0.6 is 0 Å². The zero-order chi connectivity index (χ0) is 12.4. The monoisotopic (exact) mass is 242 g/mol. The third-order valence-corrected chi connectivity index (χ3v) is 3.51. The third-order valence-electron chi connectivity index (χ3n) is 3.51. The average molecular weight is 242 g/mol. The SMILES string of the molecule is CC[C@@H]1CN(c2cnc3ccccc3n2)CCN1. The molecule has 0 bridgehead atoms. The van der Waals surface area contributed by atoms with Crippen molar-refractivity contribution in [2.24, 2.45) is 0 Å². The molecule has 4 heteroatoms. The molecule has 1 aliphatic rings. The van der Waals surface area contributed by atoms with Crippen molar-refractivity contribution in [3.05, 3.63) is 30.5 Å². The molecule has 1 fully saturated rings. The lowest BCUT2D eigenvalue weighted by Crippen LogP contribution is -2.50. The Balaban J connectivity index is 1.89. The minimum absolute atomic E-state index is 0.562. The summed E-state index contributed by atoms with van der Waals surface area (Å²) in [6.07, 6.45) is 3.04. The molecule has 0 aliphatic carbocycles. The molecule has 4 nitrogen and oxygen atoms in total. The molecule has 18 heavy (non-hydrogen) atoms. The minimum Gasteiger partial charge on any atom is -0.352 e. The van der Waals surface area contributed by atoms with Gasteiger partial charge >= 0.3 is 0 Å². The Labute approximate surface area is 107 Å². The first-order chi connectivity index (χ1) is 8.86. The number of anilines is 1. The minimum atomic E-state index is 0.562. The van der Waals surface area contributed by atoms with Gasteiger partial charge in [-0.05, 0) is 18.6 Å². The molecular formula is C14H18N4. The summed E-state index contributed by atoms with van der Waals surface area (Å²) in [6.45, 7) is 5.26. The van der Waals surface area contributed by atoms with Gasteiger partial charge in [-0.2, -0.15) is 0 Å². The van der Waals surface area contributed by atoms with Crippen LogP contribution in [0.25, 0.3) is 11.0 Å². The topological polar surface area (TPSA) is 41.1 Å². The first kappa shape index (κ1) is 11.4. The Hall–Kier alpha value is -1.68. The van der Waals surface area contributed by atoms with Gasteiger partial charge in [0, 0.05) is 25.7 Å². The highest BCUT2D eigenvalue weighted by molar-refractivity contribution is 5.75. The number of piperazine rings is 1. The van der Waals surface area contributed by atoms with Crippen molar-refractivity contribution in [3.8, 4) is 0 Å². The van der Waals surface area contributed by atoms with Crippen LogP contribution in [0, 0.1) is 0 Å². The molecule has 0 radical (unpaired) electrons. The van der Waals surface area contributed by atoms with E-state index in [4.69, 9.17) is 4.98 Å². The lowest BCUT2D eigenvalue weighted by atomic mass is 10.1. The summed E-state index contributed by atoms with van der Waals surface area (Å²) in [5.74, 6) is 0.994. The van der Waals surface area contributed by atoms with Crippen molar-refractivity contribution in [1.82, 2.24) is 15.3 Å². The Morgan fingerprint density at radius 3 is 3.00 bits per heavy atom. The molecule has 0 unspecified atom stereocenters. The predicted octanol–water partition coefficient (Wildman–Crippen LogP) is 1.82. The predicted molar refractivity (Wildman–Crippen MR) is 73.8 cm³/mol. The number of fused-ring (bicyclic) bond motifs is 1. The lowest BCUT2D eigenvalue weighted by Gasteiger charge is -2.33. The van der Waals surface area contributed by atoms with E-state index in [0.29, 0.717) is 6.04 Å². The van der Waals surface area contributed by atoms with E-state index in [9.17, 15) is 0 Å². The van der Waals surface area contributed by atoms with Gasteiger partial charge in [0.2, 0.25) is 0 Å². The summed E-state index contributed by atoms with van der Waals surface area (Å²) in [7, 11) is 0. The fraction of sp³-hybridized carbons (Fsp3) is 0.429. The number of para-hydroxylation sites is 2. The molecule has 1 aromatic heterocycles. The summed E-state index contributed by atoms with van der Waals surface area (Å²) in [5.41, 5.74) is 1.94. The van der Waals surface area contributed by atoms with Crippen LogP contribution in [0.5, 0.6) is 0 Å². The van der Waals surface area contributed by atoms with E-state index in [2.05, 4.69) is 22.1 Å². The maximum atomic E-state index is 4.70. The molecular weight excluding hydrogens is 224 g/mol. The quantitative estimate of drug-likeness (QED) is 0.872. The molecule has 0 amide bonds. The van der Waals surface area contributed by atoms with Gasteiger partial charge in [0.05, 0.1) is 17.2 Å². The summed E-state index contributed by atoms with van der Waals surface area (Å²) in [5, 5.41) is 3.52. The van der Waals surface area contributed by atoms with Crippen LogP contribution in [0.1, 0.15) is 13.3 Å². The van der Waals surface area contributed by atoms with Crippen molar-refractivity contribution in [1.29, 1.82) is 0 Å². The first-order valence-corrected chi connectivity index (χ1v) is 6.57. The first-order valence-electron chi connectivity index (χ1n) is 6.57. The van der Waals surface area contributed by atoms with Crippen LogP contribution in [0.15, 0.2) is 30.5 Å². The van der Waals surface area contributed by atoms with Gasteiger partial charge < -0.3 is 10.2 Å². The average Bonchev–Trinajstić information content (AvgIpc) is 2.47. The molecule has 2 heterocycles. The number of hydrogen-bond donors (Lipinski definition) is 1. The Morgan fingerprint density at radius 2 is 2.17 bits per heavy atom. The highest BCUT2D eigenvalue weighted by Gasteiger charge is 2.19. The van der Waals surface area contributed by atoms with Gasteiger partial charge in [0.25, 0.3) is 0 Å². The summed E-state index contributed by atoms with van der Waals surface area (Å²) in [4.78, 5) is 11.5. The van der Waals surface area contributed by atoms with Crippen LogP contribution in [0.2, 0.25) is 0 Å². The van der Waals surface area contributed by atoms with E-state index in [1.165, 1.54) is 0 Å². The van der Waals surface area contributed by atoms with Gasteiger partial charge in [-0.1, -0.05) is 19.1 Å².